The van der Waals surface area contributed by atoms with Crippen LogP contribution in [-0.4, -0.2) is 170 Å². The summed E-state index contributed by atoms with van der Waals surface area (Å²) in [5.74, 6) is -5.14. The largest absolute Gasteiger partial charge is 0.470 e. The first-order valence-corrected chi connectivity index (χ1v) is 22.5. The molecule has 0 spiro atoms. The Morgan fingerprint density at radius 1 is 0.635 bits per heavy atom. The van der Waals surface area contributed by atoms with Gasteiger partial charge in [-0.1, -0.05) is 41.5 Å². The van der Waals surface area contributed by atoms with Crippen molar-refractivity contribution in [1.82, 2.24) is 10.6 Å². The lowest BCUT2D eigenvalue weighted by atomic mass is 9.95. The molecule has 0 aliphatic carbocycles. The normalized spacial score (nSPS) is 28.1. The molecule has 2 saturated heterocycles. The van der Waals surface area contributed by atoms with Crippen LogP contribution in [-0.2, 0) is 71.0 Å². The van der Waals surface area contributed by atoms with E-state index in [1.165, 1.54) is 13.8 Å². The third kappa shape index (κ3) is 18.6. The van der Waals surface area contributed by atoms with E-state index < -0.39 is 168 Å². The smallest absolute Gasteiger partial charge is 0.462 e. The van der Waals surface area contributed by atoms with Gasteiger partial charge in [-0.2, -0.15) is 0 Å². The van der Waals surface area contributed by atoms with E-state index >= 15 is 0 Å². The lowest BCUT2D eigenvalue weighted by molar-refractivity contribution is -0.298. The Morgan fingerprint density at radius 3 is 1.67 bits per heavy atom. The van der Waals surface area contributed by atoms with Gasteiger partial charge in [0.1, 0.15) is 48.7 Å². The molecule has 14 atom stereocenters. The van der Waals surface area contributed by atoms with E-state index in [0.29, 0.717) is 0 Å². The summed E-state index contributed by atoms with van der Waals surface area (Å²) in [5, 5.41) is 57.9. The Bertz CT molecular complexity index is 1530. The molecule has 0 bridgehead atoms. The lowest BCUT2D eigenvalue weighted by Crippen LogP contribution is -2.68. The van der Waals surface area contributed by atoms with E-state index in [4.69, 9.17) is 37.7 Å². The summed E-state index contributed by atoms with van der Waals surface area (Å²) in [7, 11) is -5.50. The van der Waals surface area contributed by atoms with Crippen molar-refractivity contribution < 1.29 is 106 Å². The highest BCUT2D eigenvalue weighted by Gasteiger charge is 2.54. The van der Waals surface area contributed by atoms with Gasteiger partial charge in [-0.3, -0.25) is 33.3 Å². The summed E-state index contributed by atoms with van der Waals surface area (Å²) in [5.41, 5.74) is 0. The molecule has 0 radical (unpaired) electrons. The second-order valence-corrected chi connectivity index (χ2v) is 16.2. The average molecular weight is 933 g/mol. The highest BCUT2D eigenvalue weighted by Crippen LogP contribution is 2.42. The number of hydrogen-bond acceptors (Lipinski definition) is 20. The molecule has 0 aromatic heterocycles. The topological polar surface area (TPSA) is 359 Å². The van der Waals surface area contributed by atoms with Crippen LogP contribution in [0, 0.1) is 0 Å². The quantitative estimate of drug-likeness (QED) is 0.0275. The summed E-state index contributed by atoms with van der Waals surface area (Å²) < 4.78 is 56.2. The fourth-order valence-electron chi connectivity index (χ4n) is 6.38. The van der Waals surface area contributed by atoms with E-state index in [0.717, 1.165) is 0 Å². The monoisotopic (exact) mass is 932 g/mol. The Labute approximate surface area is 364 Å². The highest BCUT2D eigenvalue weighted by atomic mass is 31.2. The third-order valence-corrected chi connectivity index (χ3v) is 10.6. The van der Waals surface area contributed by atoms with Crippen LogP contribution in [0.3, 0.4) is 0 Å². The minimum absolute atomic E-state index is 0.0155. The molecule has 63 heavy (non-hydrogen) atoms. The van der Waals surface area contributed by atoms with Gasteiger partial charge >= 0.3 is 31.7 Å². The van der Waals surface area contributed by atoms with Crippen molar-refractivity contribution in [3.63, 3.8) is 0 Å². The van der Waals surface area contributed by atoms with Gasteiger partial charge in [0.25, 0.3) is 0 Å². The summed E-state index contributed by atoms with van der Waals surface area (Å²) in [6.07, 6.45) is -20.7. The molecule has 2 fully saturated rings. The van der Waals surface area contributed by atoms with Gasteiger partial charge < -0.3 is 79.1 Å². The number of phosphoric ester groups is 1. The number of carbonyl (C=O) groups excluding carboxylic acids is 6. The van der Waals surface area contributed by atoms with Crippen LogP contribution in [0.15, 0.2) is 0 Å². The van der Waals surface area contributed by atoms with Crippen molar-refractivity contribution in [3.05, 3.63) is 0 Å². The molecule has 2 rings (SSSR count). The Morgan fingerprint density at radius 2 is 1.14 bits per heavy atom. The Hall–Kier alpha value is -3.39. The number of hydrogen-bond donors (Lipinski definition) is 9. The highest BCUT2D eigenvalue weighted by molar-refractivity contribution is 7.46. The van der Waals surface area contributed by atoms with Crippen LogP contribution in [0.1, 0.15) is 106 Å². The van der Waals surface area contributed by atoms with Crippen molar-refractivity contribution in [3.8, 4) is 0 Å². The van der Waals surface area contributed by atoms with Gasteiger partial charge in [-0.25, -0.2) is 4.57 Å². The van der Waals surface area contributed by atoms with Crippen molar-refractivity contribution in [1.29, 1.82) is 0 Å². The second-order valence-electron chi connectivity index (χ2n) is 15.0. The molecule has 25 heteroatoms. The zero-order chi connectivity index (χ0) is 47.6. The lowest BCUT2D eigenvalue weighted by Gasteiger charge is -2.46. The molecule has 2 heterocycles. The summed E-state index contributed by atoms with van der Waals surface area (Å²) in [4.78, 5) is 96.6. The second kappa shape index (κ2) is 27.2. The first kappa shape index (κ1) is 55.7. The first-order chi connectivity index (χ1) is 29.6. The van der Waals surface area contributed by atoms with Gasteiger partial charge in [0.05, 0.1) is 51.1 Å². The zero-order valence-corrected chi connectivity index (χ0v) is 37.2. The zero-order valence-electron chi connectivity index (χ0n) is 36.3. The molecule has 14 unspecified atom stereocenters. The van der Waals surface area contributed by atoms with Crippen molar-refractivity contribution in [2.45, 2.75) is 191 Å². The predicted octanol–water partition coefficient (Wildman–Crippen LogP) is -1.36. The van der Waals surface area contributed by atoms with E-state index in [2.05, 4.69) is 10.6 Å². The first-order valence-electron chi connectivity index (χ1n) is 21.0. The van der Waals surface area contributed by atoms with Crippen LogP contribution in [0.5, 0.6) is 0 Å². The minimum Gasteiger partial charge on any atom is -0.462 e. The molecule has 9 N–H and O–H groups in total. The SMILES string of the molecule is CCC(=O)OC(CC)CC(=O)NC1C(OCC2OC(O)C(NC(=O)CC(O)CC)C(OC(=O)CC(O)CC)C2O)OC(CO)C(OP(=O)(O)O)C1OC(=O)CC(CC)OC(=O)CC. The predicted molar refractivity (Wildman–Crippen MR) is 211 cm³/mol. The van der Waals surface area contributed by atoms with E-state index in [1.54, 1.807) is 27.7 Å². The molecule has 0 aromatic carbocycles. The van der Waals surface area contributed by atoms with Gasteiger partial charge in [0, 0.05) is 12.8 Å². The summed E-state index contributed by atoms with van der Waals surface area (Å²) in [6, 6.07) is -3.43. The Balaban J connectivity index is 2.59. The third-order valence-electron chi connectivity index (χ3n) is 10.1. The molecule has 364 valence electrons. The summed E-state index contributed by atoms with van der Waals surface area (Å²) >= 11 is 0. The van der Waals surface area contributed by atoms with Crippen LogP contribution < -0.4 is 10.6 Å². The number of rotatable bonds is 26. The molecule has 2 aliphatic heterocycles. The average Bonchev–Trinajstić information content (AvgIpc) is 3.22. The van der Waals surface area contributed by atoms with Gasteiger partial charge in [-0.15, -0.1) is 0 Å². The minimum atomic E-state index is -5.50. The molecule has 2 aliphatic rings. The number of ether oxygens (including phenoxy) is 7. The number of nitrogens with one attached hydrogen (secondary N) is 2. The molecule has 24 nitrogen and oxygen atoms in total. The molecule has 0 aromatic rings. The maximum absolute atomic E-state index is 13.6. The van der Waals surface area contributed by atoms with Crippen LogP contribution >= 0.6 is 7.82 Å². The van der Waals surface area contributed by atoms with Crippen LogP contribution in [0.4, 0.5) is 0 Å². The van der Waals surface area contributed by atoms with E-state index in [9.17, 15) is 68.7 Å². The van der Waals surface area contributed by atoms with Gasteiger partial charge in [0.15, 0.2) is 24.8 Å². The number of amides is 2. The Kier molecular flexibility index (Phi) is 24.0. The molecule has 2 amide bonds. The maximum Gasteiger partial charge on any atom is 0.470 e. The van der Waals surface area contributed by atoms with E-state index in [-0.39, 0.29) is 38.5 Å². The van der Waals surface area contributed by atoms with Crippen molar-refractivity contribution >= 4 is 43.5 Å². The van der Waals surface area contributed by atoms with Gasteiger partial charge in [-0.05, 0) is 25.7 Å². The molecular weight excluding hydrogens is 867 g/mol. The van der Waals surface area contributed by atoms with Gasteiger partial charge in [0.2, 0.25) is 11.8 Å². The number of phosphoric acid groups is 1. The van der Waals surface area contributed by atoms with E-state index in [1.807, 2.05) is 0 Å². The molecule has 0 saturated carbocycles. The fraction of sp³-hybridized carbons (Fsp3) is 0.842. The molecular formula is C38H65N2O22P. The standard InChI is InChI=1S/C38H65N2O22P/c1-7-19(42)13-25(44)39-31-35(60-29(48)14-20(43)8-2)33(50)24(58-37(31)51)18-55-38-32(40-26(45)15-21(9-3)56-27(46)11-5)36(34(23(17-41)59-38)62-63(52,53)54)61-30(49)16-22(10-4)57-28(47)12-6/h19-24,31-38,41-43,50-51H,7-18H2,1-6H3,(H,39,44)(H,40,45)(H2,52,53,54). The van der Waals surface area contributed by atoms with Crippen LogP contribution in [0.25, 0.3) is 0 Å². The number of carbonyl (C=O) groups is 6. The number of esters is 4. The number of aliphatic hydroxyl groups is 5. The number of aliphatic hydroxyl groups excluding tert-OH is 5. The van der Waals surface area contributed by atoms with Crippen LogP contribution in [0.2, 0.25) is 0 Å². The summed E-state index contributed by atoms with van der Waals surface area (Å²) in [6.45, 7) is 7.58. The van der Waals surface area contributed by atoms with Crippen molar-refractivity contribution in [2.75, 3.05) is 13.2 Å². The fourth-order valence-corrected chi connectivity index (χ4v) is 6.95. The maximum atomic E-state index is 13.6. The van der Waals surface area contributed by atoms with Crippen molar-refractivity contribution in [2.24, 2.45) is 0 Å².